The second-order valence-corrected chi connectivity index (χ2v) is 6.87. The van der Waals surface area contributed by atoms with Gasteiger partial charge in [0, 0.05) is 37.9 Å². The third-order valence-corrected chi connectivity index (χ3v) is 4.78. The first-order chi connectivity index (χ1) is 12.8. The summed E-state index contributed by atoms with van der Waals surface area (Å²) in [5.74, 6) is 0.759. The van der Waals surface area contributed by atoms with Gasteiger partial charge in [-0.3, -0.25) is 4.98 Å². The molecule has 0 aromatic carbocycles. The zero-order valence-corrected chi connectivity index (χ0v) is 15.0. The van der Waals surface area contributed by atoms with Gasteiger partial charge in [0.1, 0.15) is 12.2 Å². The number of nitrogens with one attached hydrogen (secondary N) is 1. The summed E-state index contributed by atoms with van der Waals surface area (Å²) in [6.07, 6.45) is 9.65. The molecule has 2 aromatic heterocycles. The van der Waals surface area contributed by atoms with Crippen LogP contribution in [0, 0.1) is 0 Å². The lowest BCUT2D eigenvalue weighted by Crippen LogP contribution is -2.31. The Balaban J connectivity index is 1.33. The predicted molar refractivity (Wildman–Crippen MR) is 99.4 cm³/mol. The van der Waals surface area contributed by atoms with Gasteiger partial charge in [0.05, 0.1) is 24.9 Å². The number of pyridine rings is 1. The number of rotatable bonds is 5. The minimum Gasteiger partial charge on any atom is -0.376 e. The number of fused-ring (bicyclic) bond motifs is 1. The molecule has 2 saturated heterocycles. The van der Waals surface area contributed by atoms with E-state index in [0.717, 1.165) is 37.6 Å². The molecule has 138 valence electrons. The molecule has 26 heavy (non-hydrogen) atoms. The second kappa shape index (κ2) is 7.97. The molecule has 2 fully saturated rings. The first kappa shape index (κ1) is 17.2. The molecule has 7 heteroatoms. The number of nitrogens with zero attached hydrogens (tertiary/aromatic N) is 4. The Bertz CT molecular complexity index is 681. The predicted octanol–water partition coefficient (Wildman–Crippen LogP) is 1.91. The van der Waals surface area contributed by atoms with Crippen molar-refractivity contribution in [1.29, 1.82) is 0 Å². The summed E-state index contributed by atoms with van der Waals surface area (Å²) in [7, 11) is 0. The van der Waals surface area contributed by atoms with E-state index in [2.05, 4.69) is 32.1 Å². The minimum absolute atomic E-state index is 0.0506. The van der Waals surface area contributed by atoms with Crippen molar-refractivity contribution in [3.63, 3.8) is 0 Å². The van der Waals surface area contributed by atoms with Gasteiger partial charge in [0.25, 0.3) is 0 Å². The molecule has 4 rings (SSSR count). The third-order valence-electron chi connectivity index (χ3n) is 4.78. The van der Waals surface area contributed by atoms with Crippen LogP contribution in [0.25, 0.3) is 0 Å². The lowest BCUT2D eigenvalue weighted by atomic mass is 10.2. The number of aromatic nitrogens is 3. The van der Waals surface area contributed by atoms with Crippen molar-refractivity contribution in [3.8, 4) is 0 Å². The molecule has 0 saturated carbocycles. The molecule has 0 unspecified atom stereocenters. The Labute approximate surface area is 153 Å². The summed E-state index contributed by atoms with van der Waals surface area (Å²) in [5.41, 5.74) is 2.17. The number of hydrogen-bond acceptors (Lipinski definition) is 7. The van der Waals surface area contributed by atoms with E-state index in [0.29, 0.717) is 13.2 Å². The van der Waals surface area contributed by atoms with Crippen molar-refractivity contribution in [2.24, 2.45) is 0 Å². The Hall–Kier alpha value is -2.25. The van der Waals surface area contributed by atoms with Gasteiger partial charge in [-0.1, -0.05) is 13.3 Å². The number of ether oxygens (including phenoxy) is 2. The molecule has 0 bridgehead atoms. The molecule has 2 aliphatic rings. The highest BCUT2D eigenvalue weighted by molar-refractivity contribution is 5.41. The van der Waals surface area contributed by atoms with E-state index in [9.17, 15) is 0 Å². The maximum absolute atomic E-state index is 6.12. The molecule has 2 atom stereocenters. The highest BCUT2D eigenvalue weighted by atomic mass is 16.6. The normalized spacial score (nSPS) is 23.5. The first-order valence-corrected chi connectivity index (χ1v) is 9.27. The van der Waals surface area contributed by atoms with Crippen LogP contribution in [-0.2, 0) is 15.9 Å². The van der Waals surface area contributed by atoms with Gasteiger partial charge < -0.3 is 19.7 Å². The molecule has 7 nitrogen and oxygen atoms in total. The van der Waals surface area contributed by atoms with Crippen LogP contribution in [0.2, 0.25) is 0 Å². The van der Waals surface area contributed by atoms with Crippen LogP contribution < -0.4 is 10.2 Å². The van der Waals surface area contributed by atoms with Crippen LogP contribution in [-0.4, -0.2) is 59.5 Å². The molecule has 0 aliphatic carbocycles. The first-order valence-electron chi connectivity index (χ1n) is 9.27. The minimum atomic E-state index is 0.0506. The van der Waals surface area contributed by atoms with Crippen LogP contribution in [0.3, 0.4) is 0 Å². The quantitative estimate of drug-likeness (QED) is 0.878. The topological polar surface area (TPSA) is 72.4 Å². The van der Waals surface area contributed by atoms with Crippen LogP contribution in [0.5, 0.6) is 0 Å². The van der Waals surface area contributed by atoms with Gasteiger partial charge in [-0.15, -0.1) is 0 Å². The third kappa shape index (κ3) is 3.94. The van der Waals surface area contributed by atoms with E-state index in [1.807, 2.05) is 30.7 Å². The zero-order valence-electron chi connectivity index (χ0n) is 15.0. The summed E-state index contributed by atoms with van der Waals surface area (Å²) in [6.45, 7) is 4.91. The maximum atomic E-state index is 6.12. The molecule has 4 heterocycles. The highest BCUT2D eigenvalue weighted by Crippen LogP contribution is 2.24. The standard InChI is InChI=1S/C19H25N5O2/c1-2-4-14-7-21-19(22-8-14)24-10-17-18(11-24)26-13-16(12-25-17)23-15-5-3-6-20-9-15/h3,5-9,16-18,23H,2,4,10-13H2,1H3/t17-,18-/m0/s1. The average molecular weight is 355 g/mol. The monoisotopic (exact) mass is 355 g/mol. The molecule has 0 radical (unpaired) electrons. The van der Waals surface area contributed by atoms with E-state index in [4.69, 9.17) is 9.47 Å². The van der Waals surface area contributed by atoms with Crippen molar-refractivity contribution >= 4 is 11.6 Å². The van der Waals surface area contributed by atoms with Gasteiger partial charge in [-0.2, -0.15) is 0 Å². The molecular weight excluding hydrogens is 330 g/mol. The zero-order chi connectivity index (χ0) is 17.8. The van der Waals surface area contributed by atoms with Crippen molar-refractivity contribution < 1.29 is 9.47 Å². The van der Waals surface area contributed by atoms with Crippen molar-refractivity contribution in [3.05, 3.63) is 42.5 Å². The fraction of sp³-hybridized carbons (Fsp3) is 0.526. The van der Waals surface area contributed by atoms with E-state index in [1.165, 1.54) is 5.56 Å². The van der Waals surface area contributed by atoms with Crippen LogP contribution in [0.15, 0.2) is 36.9 Å². The van der Waals surface area contributed by atoms with E-state index < -0.39 is 0 Å². The molecule has 0 amide bonds. The molecule has 2 aliphatic heterocycles. The fourth-order valence-corrected chi connectivity index (χ4v) is 3.45. The van der Waals surface area contributed by atoms with E-state index >= 15 is 0 Å². The van der Waals surface area contributed by atoms with Crippen LogP contribution >= 0.6 is 0 Å². The van der Waals surface area contributed by atoms with Crippen molar-refractivity contribution in [1.82, 2.24) is 15.0 Å². The summed E-state index contributed by atoms with van der Waals surface area (Å²) in [5, 5.41) is 3.42. The van der Waals surface area contributed by atoms with Gasteiger partial charge in [0.2, 0.25) is 5.95 Å². The van der Waals surface area contributed by atoms with Crippen LogP contribution in [0.1, 0.15) is 18.9 Å². The average Bonchev–Trinajstić information content (AvgIpc) is 3.00. The van der Waals surface area contributed by atoms with Gasteiger partial charge in [-0.05, 0) is 24.1 Å². The Morgan fingerprint density at radius 2 is 1.85 bits per heavy atom. The van der Waals surface area contributed by atoms with Crippen molar-refractivity contribution in [2.75, 3.05) is 36.5 Å². The molecular formula is C19H25N5O2. The smallest absolute Gasteiger partial charge is 0.225 e. The Morgan fingerprint density at radius 1 is 1.12 bits per heavy atom. The maximum Gasteiger partial charge on any atom is 0.225 e. The number of aryl methyl sites for hydroxylation is 1. The van der Waals surface area contributed by atoms with Crippen molar-refractivity contribution in [2.45, 2.75) is 38.0 Å². The second-order valence-electron chi connectivity index (χ2n) is 6.87. The summed E-state index contributed by atoms with van der Waals surface area (Å²) in [4.78, 5) is 15.3. The number of hydrogen-bond donors (Lipinski definition) is 1. The Kier molecular flexibility index (Phi) is 5.26. The SMILES string of the molecule is CCCc1cnc(N2C[C@@H]3OCC(Nc4cccnc4)CO[C@H]3C2)nc1. The van der Waals surface area contributed by atoms with Gasteiger partial charge >= 0.3 is 0 Å². The largest absolute Gasteiger partial charge is 0.376 e. The fourth-order valence-electron chi connectivity index (χ4n) is 3.45. The lowest BCUT2D eigenvalue weighted by molar-refractivity contribution is -0.00461. The molecule has 0 spiro atoms. The highest BCUT2D eigenvalue weighted by Gasteiger charge is 2.38. The van der Waals surface area contributed by atoms with E-state index in [-0.39, 0.29) is 18.2 Å². The van der Waals surface area contributed by atoms with E-state index in [1.54, 1.807) is 6.20 Å². The summed E-state index contributed by atoms with van der Waals surface area (Å²) < 4.78 is 12.2. The number of anilines is 2. The summed E-state index contributed by atoms with van der Waals surface area (Å²) >= 11 is 0. The van der Waals surface area contributed by atoms with Gasteiger partial charge in [-0.25, -0.2) is 9.97 Å². The summed E-state index contributed by atoms with van der Waals surface area (Å²) in [6, 6.07) is 4.04. The molecule has 2 aromatic rings. The Morgan fingerprint density at radius 3 is 2.46 bits per heavy atom. The molecule has 1 N–H and O–H groups in total. The lowest BCUT2D eigenvalue weighted by Gasteiger charge is -2.20. The van der Waals surface area contributed by atoms with Crippen LogP contribution in [0.4, 0.5) is 11.6 Å². The van der Waals surface area contributed by atoms with Gasteiger partial charge in [0.15, 0.2) is 0 Å².